The summed E-state index contributed by atoms with van der Waals surface area (Å²) in [5.41, 5.74) is 1.08. The summed E-state index contributed by atoms with van der Waals surface area (Å²) in [6.07, 6.45) is 6.06. The molecule has 0 unspecified atom stereocenters. The van der Waals surface area contributed by atoms with Gasteiger partial charge in [-0.1, -0.05) is 12.1 Å². The van der Waals surface area contributed by atoms with Crippen LogP contribution in [0.25, 0.3) is 0 Å². The number of hydrogen-bond donors (Lipinski definition) is 2. The summed E-state index contributed by atoms with van der Waals surface area (Å²) in [5, 5.41) is 6.52. The maximum atomic E-state index is 11.4. The van der Waals surface area contributed by atoms with Gasteiger partial charge in [0.2, 0.25) is 0 Å². The van der Waals surface area contributed by atoms with Crippen molar-refractivity contribution in [3.05, 3.63) is 54.4 Å². The van der Waals surface area contributed by atoms with E-state index >= 15 is 0 Å². The van der Waals surface area contributed by atoms with Crippen LogP contribution in [0.4, 0.5) is 0 Å². The fraction of sp³-hybridized carbons (Fsp3) is 0.353. The van der Waals surface area contributed by atoms with Crippen molar-refractivity contribution in [1.82, 2.24) is 15.2 Å². The van der Waals surface area contributed by atoms with Gasteiger partial charge in [-0.15, -0.1) is 0 Å². The topological polar surface area (TPSA) is 75.5 Å². The highest BCUT2D eigenvalue weighted by molar-refractivity contribution is 7.90. The van der Waals surface area contributed by atoms with E-state index in [0.29, 0.717) is 4.90 Å². The third kappa shape index (κ3) is 5.73. The van der Waals surface area contributed by atoms with Crippen LogP contribution in [0.1, 0.15) is 5.56 Å². The van der Waals surface area contributed by atoms with Crippen LogP contribution in [-0.2, 0) is 22.8 Å². The molecule has 0 fully saturated rings. The fourth-order valence-corrected chi connectivity index (χ4v) is 2.90. The quantitative estimate of drug-likeness (QED) is 0.584. The first kappa shape index (κ1) is 18.1. The minimum Gasteiger partial charge on any atom is -0.356 e. The van der Waals surface area contributed by atoms with Gasteiger partial charge in [0, 0.05) is 45.3 Å². The molecule has 0 radical (unpaired) electrons. The Balaban J connectivity index is 1.73. The predicted molar refractivity (Wildman–Crippen MR) is 97.1 cm³/mol. The summed E-state index contributed by atoms with van der Waals surface area (Å²) in [6, 6.07) is 11.0. The Morgan fingerprint density at radius 2 is 1.71 bits per heavy atom. The van der Waals surface area contributed by atoms with E-state index in [1.54, 1.807) is 19.2 Å². The van der Waals surface area contributed by atoms with Crippen LogP contribution >= 0.6 is 0 Å². The Morgan fingerprint density at radius 1 is 1.08 bits per heavy atom. The Hall–Kier alpha value is -2.28. The largest absolute Gasteiger partial charge is 0.356 e. The normalized spacial score (nSPS) is 12.2. The zero-order chi connectivity index (χ0) is 17.4. The third-order valence-electron chi connectivity index (χ3n) is 3.61. The van der Waals surface area contributed by atoms with Gasteiger partial charge in [0.05, 0.1) is 4.90 Å². The van der Waals surface area contributed by atoms with Crippen LogP contribution in [0.2, 0.25) is 0 Å². The molecule has 0 aliphatic carbocycles. The lowest BCUT2D eigenvalue weighted by Gasteiger charge is -2.12. The van der Waals surface area contributed by atoms with Crippen LogP contribution in [0.15, 0.2) is 58.7 Å². The van der Waals surface area contributed by atoms with E-state index < -0.39 is 9.84 Å². The van der Waals surface area contributed by atoms with Crippen molar-refractivity contribution >= 4 is 15.8 Å². The van der Waals surface area contributed by atoms with Crippen LogP contribution < -0.4 is 10.6 Å². The van der Waals surface area contributed by atoms with Crippen molar-refractivity contribution in [2.75, 3.05) is 26.4 Å². The number of aliphatic imine (C=N–C) groups is 1. The van der Waals surface area contributed by atoms with Gasteiger partial charge >= 0.3 is 0 Å². The smallest absolute Gasteiger partial charge is 0.191 e. The van der Waals surface area contributed by atoms with E-state index in [-0.39, 0.29) is 0 Å². The van der Waals surface area contributed by atoms with Crippen LogP contribution in [-0.4, -0.2) is 45.3 Å². The molecule has 6 nitrogen and oxygen atoms in total. The molecule has 0 spiro atoms. The number of rotatable bonds is 7. The second-order valence-electron chi connectivity index (χ2n) is 5.51. The van der Waals surface area contributed by atoms with Crippen molar-refractivity contribution in [3.8, 4) is 0 Å². The lowest BCUT2D eigenvalue weighted by molar-refractivity contribution is 0.602. The van der Waals surface area contributed by atoms with E-state index in [1.807, 2.05) is 36.7 Å². The molecule has 0 saturated carbocycles. The Kier molecular flexibility index (Phi) is 6.43. The molecule has 7 heteroatoms. The molecule has 1 heterocycles. The average Bonchev–Trinajstić information content (AvgIpc) is 3.06. The highest BCUT2D eigenvalue weighted by Crippen LogP contribution is 2.10. The molecule has 0 aliphatic rings. The molecular formula is C17H24N4O2S. The van der Waals surface area contributed by atoms with Gasteiger partial charge in [-0.2, -0.15) is 0 Å². The summed E-state index contributed by atoms with van der Waals surface area (Å²) in [5.74, 6) is 0.759. The maximum Gasteiger partial charge on any atom is 0.191 e. The lowest BCUT2D eigenvalue weighted by Crippen LogP contribution is -2.39. The van der Waals surface area contributed by atoms with E-state index in [2.05, 4.69) is 20.2 Å². The molecule has 2 rings (SSSR count). The summed E-state index contributed by atoms with van der Waals surface area (Å²) in [6.45, 7) is 2.39. The van der Waals surface area contributed by atoms with E-state index in [0.717, 1.165) is 37.6 Å². The number of hydrogen-bond acceptors (Lipinski definition) is 3. The Labute approximate surface area is 143 Å². The van der Waals surface area contributed by atoms with E-state index in [1.165, 1.54) is 6.26 Å². The minimum atomic E-state index is -3.13. The molecule has 130 valence electrons. The number of guanidine groups is 1. The van der Waals surface area contributed by atoms with E-state index in [4.69, 9.17) is 0 Å². The molecule has 0 amide bonds. The van der Waals surface area contributed by atoms with Gasteiger partial charge in [0.25, 0.3) is 0 Å². The fourth-order valence-electron chi connectivity index (χ4n) is 2.27. The molecule has 0 atom stereocenters. The average molecular weight is 348 g/mol. The zero-order valence-electron chi connectivity index (χ0n) is 14.1. The van der Waals surface area contributed by atoms with Crippen molar-refractivity contribution in [2.24, 2.45) is 4.99 Å². The minimum absolute atomic E-state index is 0.349. The summed E-state index contributed by atoms with van der Waals surface area (Å²) >= 11 is 0. The van der Waals surface area contributed by atoms with Gasteiger partial charge in [-0.05, 0) is 36.2 Å². The lowest BCUT2D eigenvalue weighted by atomic mass is 10.1. The standard InChI is InChI=1S/C17H24N4O2S/c1-18-17(20-11-14-21-12-3-4-13-21)19-10-9-15-5-7-16(8-6-15)24(2,22)23/h3-8,12-13H,9-11,14H2,1-2H3,(H2,18,19,20). The first-order valence-corrected chi connectivity index (χ1v) is 9.72. The SMILES string of the molecule is CN=C(NCCc1ccc(S(C)(=O)=O)cc1)NCCn1cccc1. The van der Waals surface area contributed by atoms with Crippen LogP contribution in [0, 0.1) is 0 Å². The number of sulfone groups is 1. The van der Waals surface area contributed by atoms with Gasteiger partial charge in [-0.25, -0.2) is 8.42 Å². The molecule has 0 aliphatic heterocycles. The van der Waals surface area contributed by atoms with Gasteiger partial charge < -0.3 is 15.2 Å². The highest BCUT2D eigenvalue weighted by Gasteiger charge is 2.06. The highest BCUT2D eigenvalue weighted by atomic mass is 32.2. The van der Waals surface area contributed by atoms with Crippen LogP contribution in [0.3, 0.4) is 0 Å². The Morgan fingerprint density at radius 3 is 2.29 bits per heavy atom. The molecule has 24 heavy (non-hydrogen) atoms. The number of nitrogens with zero attached hydrogens (tertiary/aromatic N) is 2. The third-order valence-corrected chi connectivity index (χ3v) is 4.74. The molecule has 2 aromatic rings. The van der Waals surface area contributed by atoms with Gasteiger partial charge in [0.1, 0.15) is 0 Å². The molecule has 1 aromatic heterocycles. The van der Waals surface area contributed by atoms with Crippen molar-refractivity contribution in [3.63, 3.8) is 0 Å². The molecular weight excluding hydrogens is 324 g/mol. The van der Waals surface area contributed by atoms with Crippen LogP contribution in [0.5, 0.6) is 0 Å². The predicted octanol–water partition coefficient (Wildman–Crippen LogP) is 1.30. The number of nitrogens with one attached hydrogen (secondary N) is 2. The molecule has 2 N–H and O–H groups in total. The van der Waals surface area contributed by atoms with E-state index in [9.17, 15) is 8.42 Å². The maximum absolute atomic E-state index is 11.4. The second-order valence-corrected chi connectivity index (χ2v) is 7.53. The molecule has 0 saturated heterocycles. The summed E-state index contributed by atoms with van der Waals surface area (Å²) in [4.78, 5) is 4.54. The summed E-state index contributed by atoms with van der Waals surface area (Å²) in [7, 11) is -1.39. The zero-order valence-corrected chi connectivity index (χ0v) is 14.9. The monoisotopic (exact) mass is 348 g/mol. The van der Waals surface area contributed by atoms with Crippen molar-refractivity contribution < 1.29 is 8.42 Å². The van der Waals surface area contributed by atoms with Gasteiger partial charge in [-0.3, -0.25) is 4.99 Å². The molecule has 0 bridgehead atoms. The Bertz CT molecular complexity index is 750. The second kappa shape index (κ2) is 8.54. The number of aromatic nitrogens is 1. The molecule has 1 aromatic carbocycles. The van der Waals surface area contributed by atoms with Crippen molar-refractivity contribution in [1.29, 1.82) is 0 Å². The van der Waals surface area contributed by atoms with Gasteiger partial charge in [0.15, 0.2) is 15.8 Å². The number of benzene rings is 1. The van der Waals surface area contributed by atoms with Crippen molar-refractivity contribution in [2.45, 2.75) is 17.9 Å². The first-order valence-electron chi connectivity index (χ1n) is 7.83. The summed E-state index contributed by atoms with van der Waals surface area (Å²) < 4.78 is 25.0. The first-order chi connectivity index (χ1) is 11.5.